The van der Waals surface area contributed by atoms with Crippen molar-refractivity contribution in [2.75, 3.05) is 18.9 Å². The third-order valence-corrected chi connectivity index (χ3v) is 5.50. The van der Waals surface area contributed by atoms with E-state index >= 15 is 0 Å². The molecule has 0 saturated heterocycles. The molecule has 0 aliphatic heterocycles. The molecule has 1 aromatic carbocycles. The number of nitrogens with zero attached hydrogens (tertiary/aromatic N) is 2. The van der Waals surface area contributed by atoms with E-state index in [0.29, 0.717) is 11.7 Å². The Balaban J connectivity index is 1.68. The van der Waals surface area contributed by atoms with E-state index in [4.69, 9.17) is 11.1 Å². The predicted octanol–water partition coefficient (Wildman–Crippen LogP) is 2.57. The van der Waals surface area contributed by atoms with Gasteiger partial charge >= 0.3 is 0 Å². The molecule has 25 heavy (non-hydrogen) atoms. The van der Waals surface area contributed by atoms with Gasteiger partial charge in [0.25, 0.3) is 0 Å². The number of guanidine groups is 1. The molecule has 7 heteroatoms. The summed E-state index contributed by atoms with van der Waals surface area (Å²) in [4.78, 5) is 20.4. The van der Waals surface area contributed by atoms with Gasteiger partial charge in [-0.05, 0) is 31.2 Å². The lowest BCUT2D eigenvalue weighted by Gasteiger charge is -2.26. The summed E-state index contributed by atoms with van der Waals surface area (Å²) in [5, 5.41) is 10.7. The van der Waals surface area contributed by atoms with Crippen LogP contribution >= 0.6 is 11.3 Å². The number of carbonyl (C=O) groups excluding carboxylic acids is 1. The molecule has 1 amide bonds. The number of anilines is 1. The van der Waals surface area contributed by atoms with Crippen LogP contribution in [-0.2, 0) is 17.6 Å². The average molecular weight is 357 g/mol. The number of fused-ring (bicyclic) bond motifs is 1. The zero-order valence-electron chi connectivity index (χ0n) is 14.3. The first-order chi connectivity index (χ1) is 12.0. The van der Waals surface area contributed by atoms with Gasteiger partial charge in [0.15, 0.2) is 11.1 Å². The highest BCUT2D eigenvalue weighted by Crippen LogP contribution is 2.37. The largest absolute Gasteiger partial charge is 0.370 e. The third kappa shape index (κ3) is 4.17. The number of likely N-dealkylation sites (N-methyl/N-ethyl adjacent to an activating group) is 1. The first kappa shape index (κ1) is 17.4. The maximum atomic E-state index is 12.9. The SMILES string of the molecule is CN(CCc1ccccc1)C(=O)[C@H]1CCCc2sc(NC(=N)N)nc21. The molecule has 3 rings (SSSR count). The van der Waals surface area contributed by atoms with Gasteiger partial charge in [0.05, 0.1) is 11.6 Å². The molecule has 0 fully saturated rings. The molecule has 1 aromatic heterocycles. The van der Waals surface area contributed by atoms with E-state index in [1.54, 1.807) is 0 Å². The number of carbonyl (C=O) groups is 1. The smallest absolute Gasteiger partial charge is 0.231 e. The Kier molecular flexibility index (Phi) is 5.33. The minimum Gasteiger partial charge on any atom is -0.370 e. The van der Waals surface area contributed by atoms with Gasteiger partial charge < -0.3 is 16.0 Å². The molecule has 0 radical (unpaired) electrons. The number of hydrogen-bond acceptors (Lipinski definition) is 4. The van der Waals surface area contributed by atoms with Crippen molar-refractivity contribution in [3.05, 3.63) is 46.5 Å². The van der Waals surface area contributed by atoms with E-state index in [9.17, 15) is 4.79 Å². The quantitative estimate of drug-likeness (QED) is 0.566. The molecular weight excluding hydrogens is 334 g/mol. The number of thiazole rings is 1. The lowest BCUT2D eigenvalue weighted by molar-refractivity contribution is -0.131. The summed E-state index contributed by atoms with van der Waals surface area (Å²) >= 11 is 1.49. The third-order valence-electron chi connectivity index (χ3n) is 4.45. The highest BCUT2D eigenvalue weighted by molar-refractivity contribution is 7.15. The van der Waals surface area contributed by atoms with Crippen molar-refractivity contribution < 1.29 is 4.79 Å². The molecule has 1 heterocycles. The van der Waals surface area contributed by atoms with E-state index in [0.717, 1.165) is 36.3 Å². The minimum atomic E-state index is -0.191. The summed E-state index contributed by atoms with van der Waals surface area (Å²) in [6.45, 7) is 0.692. The van der Waals surface area contributed by atoms with Crippen LogP contribution in [0, 0.1) is 5.41 Å². The van der Waals surface area contributed by atoms with Crippen LogP contribution in [0.2, 0.25) is 0 Å². The van der Waals surface area contributed by atoms with E-state index in [1.807, 2.05) is 30.1 Å². The van der Waals surface area contributed by atoms with Gasteiger partial charge in [0.2, 0.25) is 5.91 Å². The molecule has 6 nitrogen and oxygen atoms in total. The van der Waals surface area contributed by atoms with Crippen molar-refractivity contribution >= 4 is 28.3 Å². The Morgan fingerprint density at radius 1 is 1.44 bits per heavy atom. The summed E-state index contributed by atoms with van der Waals surface area (Å²) in [6, 6.07) is 10.2. The molecule has 0 unspecified atom stereocenters. The monoisotopic (exact) mass is 357 g/mol. The van der Waals surface area contributed by atoms with Crippen molar-refractivity contribution in [3.8, 4) is 0 Å². The number of aryl methyl sites for hydroxylation is 1. The van der Waals surface area contributed by atoms with Crippen molar-refractivity contribution in [1.82, 2.24) is 9.88 Å². The highest BCUT2D eigenvalue weighted by Gasteiger charge is 2.32. The molecule has 0 spiro atoms. The topological polar surface area (TPSA) is 95.1 Å². The van der Waals surface area contributed by atoms with E-state index < -0.39 is 0 Å². The number of aromatic nitrogens is 1. The molecule has 1 aliphatic rings. The van der Waals surface area contributed by atoms with Crippen LogP contribution in [0.3, 0.4) is 0 Å². The second-order valence-corrected chi connectivity index (χ2v) is 7.39. The number of amides is 1. The Labute approximate surface area is 151 Å². The summed E-state index contributed by atoms with van der Waals surface area (Å²) in [6.07, 6.45) is 3.59. The van der Waals surface area contributed by atoms with Gasteiger partial charge in [-0.25, -0.2) is 4.98 Å². The first-order valence-corrected chi connectivity index (χ1v) is 9.26. The van der Waals surface area contributed by atoms with Gasteiger partial charge in [-0.3, -0.25) is 10.2 Å². The van der Waals surface area contributed by atoms with Crippen LogP contribution in [0.1, 0.15) is 34.9 Å². The Bertz CT molecular complexity index is 758. The molecular formula is C18H23N5OS. The van der Waals surface area contributed by atoms with Crippen molar-refractivity contribution in [2.24, 2.45) is 5.73 Å². The Morgan fingerprint density at radius 3 is 2.92 bits per heavy atom. The number of hydrogen-bond donors (Lipinski definition) is 3. The second-order valence-electron chi connectivity index (χ2n) is 6.31. The minimum absolute atomic E-state index is 0.122. The fourth-order valence-electron chi connectivity index (χ4n) is 3.15. The molecule has 0 saturated carbocycles. The van der Waals surface area contributed by atoms with Crippen LogP contribution in [0.25, 0.3) is 0 Å². The van der Waals surface area contributed by atoms with Crippen LogP contribution in [-0.4, -0.2) is 35.3 Å². The summed E-state index contributed by atoms with van der Waals surface area (Å²) in [5.74, 6) is -0.200. The summed E-state index contributed by atoms with van der Waals surface area (Å²) < 4.78 is 0. The maximum absolute atomic E-state index is 12.9. The molecule has 132 valence electrons. The molecule has 1 aliphatic carbocycles. The zero-order valence-corrected chi connectivity index (χ0v) is 15.1. The zero-order chi connectivity index (χ0) is 17.8. The van der Waals surface area contributed by atoms with Crippen molar-refractivity contribution in [1.29, 1.82) is 5.41 Å². The van der Waals surface area contributed by atoms with Gasteiger partial charge in [-0.1, -0.05) is 30.3 Å². The van der Waals surface area contributed by atoms with E-state index in [2.05, 4.69) is 22.4 Å². The number of nitrogens with one attached hydrogen (secondary N) is 2. The van der Waals surface area contributed by atoms with E-state index in [-0.39, 0.29) is 17.8 Å². The van der Waals surface area contributed by atoms with Crippen LogP contribution in [0.5, 0.6) is 0 Å². The average Bonchev–Trinajstić information content (AvgIpc) is 3.01. The van der Waals surface area contributed by atoms with Gasteiger partial charge in [0.1, 0.15) is 0 Å². The molecule has 2 aromatic rings. The van der Waals surface area contributed by atoms with Gasteiger partial charge in [-0.2, -0.15) is 0 Å². The number of nitrogens with two attached hydrogens (primary N) is 1. The van der Waals surface area contributed by atoms with E-state index in [1.165, 1.54) is 16.9 Å². The lowest BCUT2D eigenvalue weighted by Crippen LogP contribution is -2.34. The fourth-order valence-corrected chi connectivity index (χ4v) is 4.22. The van der Waals surface area contributed by atoms with Crippen LogP contribution < -0.4 is 11.1 Å². The lowest BCUT2D eigenvalue weighted by atomic mass is 9.90. The predicted molar refractivity (Wildman–Crippen MR) is 101 cm³/mol. The van der Waals surface area contributed by atoms with Crippen LogP contribution in [0.15, 0.2) is 30.3 Å². The standard InChI is InChI=1S/C18H23N5OS/c1-23(11-10-12-6-3-2-4-7-12)16(24)13-8-5-9-14-15(13)21-18(25-14)22-17(19)20/h2-4,6-7,13H,5,8-11H2,1H3,(H4,19,20,21,22)/t13-/m0/s1. The van der Waals surface area contributed by atoms with Crippen LogP contribution in [0.4, 0.5) is 5.13 Å². The Hall–Kier alpha value is -2.41. The summed E-state index contributed by atoms with van der Waals surface area (Å²) in [7, 11) is 1.86. The van der Waals surface area contributed by atoms with Crippen molar-refractivity contribution in [2.45, 2.75) is 31.6 Å². The molecule has 4 N–H and O–H groups in total. The first-order valence-electron chi connectivity index (χ1n) is 8.44. The van der Waals surface area contributed by atoms with Crippen molar-refractivity contribution in [3.63, 3.8) is 0 Å². The fraction of sp³-hybridized carbons (Fsp3) is 0.389. The summed E-state index contributed by atoms with van der Waals surface area (Å²) in [5.41, 5.74) is 7.47. The Morgan fingerprint density at radius 2 is 2.20 bits per heavy atom. The number of rotatable bonds is 5. The van der Waals surface area contributed by atoms with Gasteiger partial charge in [0, 0.05) is 18.5 Å². The normalized spacial score (nSPS) is 16.1. The highest BCUT2D eigenvalue weighted by atomic mass is 32.1. The molecule has 1 atom stereocenters. The maximum Gasteiger partial charge on any atom is 0.231 e. The molecule has 0 bridgehead atoms. The second kappa shape index (κ2) is 7.65. The number of benzene rings is 1. The van der Waals surface area contributed by atoms with Gasteiger partial charge in [-0.15, -0.1) is 11.3 Å².